The van der Waals surface area contributed by atoms with Crippen molar-refractivity contribution in [2.45, 2.75) is 36.4 Å². The number of carboxylic acid groups (broad SMARTS) is 1. The number of carbonyl (C=O) groups excluding carboxylic acids is 1. The van der Waals surface area contributed by atoms with Gasteiger partial charge < -0.3 is 10.0 Å². The molecule has 2 atom stereocenters. The molecule has 2 fully saturated rings. The molecule has 16 heavy (non-hydrogen) atoms. The zero-order valence-electron chi connectivity index (χ0n) is 9.30. The van der Waals surface area contributed by atoms with E-state index in [2.05, 4.69) is 0 Å². The van der Waals surface area contributed by atoms with Crippen LogP contribution in [0.2, 0.25) is 0 Å². The molecule has 1 N–H and O–H groups in total. The van der Waals surface area contributed by atoms with Gasteiger partial charge in [0.2, 0.25) is 5.91 Å². The molecule has 2 saturated heterocycles. The van der Waals surface area contributed by atoms with Crippen LogP contribution in [-0.2, 0) is 19.4 Å². The number of carboxylic acids is 1. The molecule has 0 aromatic rings. The van der Waals surface area contributed by atoms with Gasteiger partial charge in [0.05, 0.1) is 11.2 Å². The predicted octanol–water partition coefficient (Wildman–Crippen LogP) is -1.18. The van der Waals surface area contributed by atoms with E-state index in [1.807, 2.05) is 0 Å². The smallest absolute Gasteiger partial charge is 0.328 e. The third-order valence-corrected chi connectivity index (χ3v) is 6.01. The van der Waals surface area contributed by atoms with E-state index in [-0.39, 0.29) is 36.0 Å². The first-order chi connectivity index (χ1) is 6.71. The summed E-state index contributed by atoms with van der Waals surface area (Å²) in [4.78, 5) is 23.2. The largest absolute Gasteiger partial charge is 0.480 e. The minimum absolute atomic E-state index is 0. The fraction of sp³-hybridized carbons (Fsp3) is 0.750. The van der Waals surface area contributed by atoms with E-state index in [0.29, 0.717) is 0 Å². The Bertz CT molecular complexity index is 457. The molecule has 1 amide bonds. The summed E-state index contributed by atoms with van der Waals surface area (Å²) in [5, 5.41) is 8.03. The molecule has 2 aliphatic heterocycles. The van der Waals surface area contributed by atoms with Gasteiger partial charge in [0.25, 0.3) is 0 Å². The van der Waals surface area contributed by atoms with Crippen molar-refractivity contribution in [2.24, 2.45) is 0 Å². The van der Waals surface area contributed by atoms with Crippen LogP contribution < -0.4 is 0 Å². The van der Waals surface area contributed by atoms with Gasteiger partial charge in [-0.1, -0.05) is 0 Å². The number of rotatable bonds is 1. The first kappa shape index (κ1) is 14.0. The second-order valence-corrected chi connectivity index (χ2v) is 7.04. The van der Waals surface area contributed by atoms with Gasteiger partial charge in [0, 0.05) is 29.6 Å². The molecular formula is C8H11NNaO5S. The molecule has 8 heteroatoms. The molecule has 2 heterocycles. The number of aliphatic carboxylic acids is 1. The number of fused-ring (bicyclic) bond motifs is 1. The van der Waals surface area contributed by atoms with Crippen LogP contribution in [0.4, 0.5) is 0 Å². The van der Waals surface area contributed by atoms with Crippen molar-refractivity contribution in [1.29, 1.82) is 0 Å². The molecule has 0 bridgehead atoms. The van der Waals surface area contributed by atoms with Crippen molar-refractivity contribution < 1.29 is 23.1 Å². The fourth-order valence-electron chi connectivity index (χ4n) is 2.23. The van der Waals surface area contributed by atoms with Crippen LogP contribution in [0.25, 0.3) is 0 Å². The van der Waals surface area contributed by atoms with Crippen LogP contribution in [0.15, 0.2) is 0 Å². The van der Waals surface area contributed by atoms with Crippen LogP contribution >= 0.6 is 0 Å². The summed E-state index contributed by atoms with van der Waals surface area (Å²) in [6, 6.07) is -1.26. The number of nitrogens with zero attached hydrogens (tertiary/aromatic N) is 1. The molecule has 0 aromatic heterocycles. The van der Waals surface area contributed by atoms with E-state index in [0.717, 1.165) is 4.90 Å². The van der Waals surface area contributed by atoms with Gasteiger partial charge in [-0.3, -0.25) is 4.79 Å². The van der Waals surface area contributed by atoms with Gasteiger partial charge in [-0.25, -0.2) is 13.2 Å². The molecule has 0 spiro atoms. The van der Waals surface area contributed by atoms with Crippen molar-refractivity contribution in [3.05, 3.63) is 0 Å². The average Bonchev–Trinajstić information content (AvgIpc) is 2.19. The number of carbonyl (C=O) groups is 2. The summed E-state index contributed by atoms with van der Waals surface area (Å²) in [5.41, 5.74) is 0. The zero-order chi connectivity index (χ0) is 11.6. The molecule has 0 saturated carbocycles. The van der Waals surface area contributed by atoms with E-state index < -0.39 is 37.9 Å². The number of amides is 1. The van der Waals surface area contributed by atoms with Crippen molar-refractivity contribution in [3.63, 3.8) is 0 Å². The first-order valence-corrected chi connectivity index (χ1v) is 6.03. The molecule has 85 valence electrons. The van der Waals surface area contributed by atoms with Gasteiger partial charge in [-0.2, -0.15) is 0 Å². The van der Waals surface area contributed by atoms with E-state index in [1.165, 1.54) is 13.8 Å². The van der Waals surface area contributed by atoms with E-state index in [1.54, 1.807) is 0 Å². The summed E-state index contributed by atoms with van der Waals surface area (Å²) in [6.45, 7) is 2.71. The van der Waals surface area contributed by atoms with Crippen LogP contribution in [0.1, 0.15) is 20.3 Å². The van der Waals surface area contributed by atoms with Crippen molar-refractivity contribution in [3.8, 4) is 0 Å². The Morgan fingerprint density at radius 3 is 2.31 bits per heavy atom. The van der Waals surface area contributed by atoms with E-state index >= 15 is 0 Å². The maximum atomic E-state index is 11.9. The Morgan fingerprint density at radius 2 is 2.00 bits per heavy atom. The standard InChI is InChI=1S/C8H11NO5S.Na/c1-8(2)6(7(11)12)9-4(10)3-5(9)15(8,13)14;/h5-6H,3H2,1-2H3,(H,11,12);. The van der Waals surface area contributed by atoms with Crippen LogP contribution in [0.5, 0.6) is 0 Å². The Morgan fingerprint density at radius 1 is 1.50 bits per heavy atom. The fourth-order valence-corrected chi connectivity index (χ4v) is 4.36. The van der Waals surface area contributed by atoms with Gasteiger partial charge in [0.1, 0.15) is 11.4 Å². The summed E-state index contributed by atoms with van der Waals surface area (Å²) in [6.07, 6.45) is -0.0878. The molecule has 0 aliphatic carbocycles. The SMILES string of the molecule is CC1(C)C(C(=O)O)N2C(=O)CC2S1(=O)=O.[Na]. The molecule has 0 aromatic carbocycles. The number of β-lactam (4-membered cyclic amide) rings is 1. The topological polar surface area (TPSA) is 91.8 Å². The van der Waals surface area contributed by atoms with E-state index in [4.69, 9.17) is 5.11 Å². The van der Waals surface area contributed by atoms with Crippen LogP contribution in [0.3, 0.4) is 0 Å². The molecule has 6 nitrogen and oxygen atoms in total. The number of hydrogen-bond donors (Lipinski definition) is 1. The first-order valence-electron chi connectivity index (χ1n) is 4.48. The van der Waals surface area contributed by atoms with Crippen molar-refractivity contribution in [1.82, 2.24) is 4.90 Å². The monoisotopic (exact) mass is 256 g/mol. The third kappa shape index (κ3) is 1.38. The maximum absolute atomic E-state index is 11.9. The van der Waals surface area contributed by atoms with Gasteiger partial charge in [0.15, 0.2) is 9.84 Å². The van der Waals surface area contributed by atoms with Gasteiger partial charge >= 0.3 is 5.97 Å². The number of hydrogen-bond acceptors (Lipinski definition) is 4. The number of sulfone groups is 1. The minimum Gasteiger partial charge on any atom is -0.480 e. The maximum Gasteiger partial charge on any atom is 0.328 e. The molecule has 2 unspecified atom stereocenters. The summed E-state index contributed by atoms with van der Waals surface area (Å²) < 4.78 is 22.4. The second-order valence-electron chi connectivity index (χ2n) is 4.35. The van der Waals surface area contributed by atoms with Crippen LogP contribution in [0, 0.1) is 0 Å². The molecule has 2 rings (SSSR count). The predicted molar refractivity (Wildman–Crippen MR) is 55.4 cm³/mol. The molecule has 2 aliphatic rings. The summed E-state index contributed by atoms with van der Waals surface area (Å²) in [5.74, 6) is -1.67. The van der Waals surface area contributed by atoms with E-state index in [9.17, 15) is 18.0 Å². The minimum atomic E-state index is -3.57. The normalized spacial score (nSPS) is 33.6. The summed E-state index contributed by atoms with van der Waals surface area (Å²) >= 11 is 0. The Hall–Kier alpha value is -0.110. The molecule has 1 radical (unpaired) electrons. The second kappa shape index (κ2) is 3.69. The Balaban J connectivity index is 0.00000128. The summed E-state index contributed by atoms with van der Waals surface area (Å²) in [7, 11) is -3.57. The zero-order valence-corrected chi connectivity index (χ0v) is 12.1. The Kier molecular flexibility index (Phi) is 3.22. The van der Waals surface area contributed by atoms with Gasteiger partial charge in [-0.15, -0.1) is 0 Å². The van der Waals surface area contributed by atoms with Crippen LogP contribution in [-0.4, -0.2) is 76.0 Å². The van der Waals surface area contributed by atoms with Crippen molar-refractivity contribution in [2.75, 3.05) is 0 Å². The Labute approximate surface area is 115 Å². The quantitative estimate of drug-likeness (QED) is 0.471. The van der Waals surface area contributed by atoms with Gasteiger partial charge in [-0.05, 0) is 13.8 Å². The van der Waals surface area contributed by atoms with Crippen molar-refractivity contribution >= 4 is 51.3 Å². The average molecular weight is 256 g/mol. The molecular weight excluding hydrogens is 245 g/mol. The third-order valence-electron chi connectivity index (χ3n) is 3.21.